The Morgan fingerprint density at radius 3 is 3.16 bits per heavy atom. The van der Waals surface area contributed by atoms with E-state index in [9.17, 15) is 9.18 Å². The average molecular weight is 347 g/mol. The second-order valence-electron chi connectivity index (χ2n) is 6.09. The fourth-order valence-corrected chi connectivity index (χ4v) is 3.06. The van der Waals surface area contributed by atoms with E-state index in [0.717, 1.165) is 18.7 Å². The molecule has 1 fully saturated rings. The maximum absolute atomic E-state index is 14.1. The highest BCUT2D eigenvalue weighted by Crippen LogP contribution is 2.24. The zero-order chi connectivity index (χ0) is 17.6. The summed E-state index contributed by atoms with van der Waals surface area (Å²) in [6.45, 7) is 2.54. The monoisotopic (exact) mass is 347 g/mol. The highest BCUT2D eigenvalue weighted by Gasteiger charge is 2.22. The molecule has 0 radical (unpaired) electrons. The minimum Gasteiger partial charge on any atom is -0.496 e. The van der Waals surface area contributed by atoms with Crippen molar-refractivity contribution in [2.75, 3.05) is 26.8 Å². The van der Waals surface area contributed by atoms with Crippen LogP contribution in [0.15, 0.2) is 35.4 Å². The number of H-pyrrole nitrogens is 1. The molecule has 1 aromatic carbocycles. The normalized spacial score (nSPS) is 18.2. The zero-order valence-corrected chi connectivity index (χ0v) is 14.2. The summed E-state index contributed by atoms with van der Waals surface area (Å²) < 4.78 is 25.2. The molecule has 0 spiro atoms. The molecule has 7 heteroatoms. The Labute approximate surface area is 145 Å². The largest absolute Gasteiger partial charge is 0.496 e. The molecular weight excluding hydrogens is 325 g/mol. The first-order valence-electron chi connectivity index (χ1n) is 8.34. The molecule has 6 nitrogen and oxygen atoms in total. The molecule has 1 N–H and O–H groups in total. The SMILES string of the molecule is COc1cccc(F)c1CN1CCOC(CCc2cc(=O)[nH]cn2)C1. The van der Waals surface area contributed by atoms with Crippen LogP contribution in [0.4, 0.5) is 4.39 Å². The van der Waals surface area contributed by atoms with Crippen LogP contribution in [0.25, 0.3) is 0 Å². The summed E-state index contributed by atoms with van der Waals surface area (Å²) in [5.41, 5.74) is 1.17. The van der Waals surface area contributed by atoms with Gasteiger partial charge >= 0.3 is 0 Å². The molecule has 3 rings (SSSR count). The number of methoxy groups -OCH3 is 1. The second kappa shape index (κ2) is 8.22. The highest BCUT2D eigenvalue weighted by atomic mass is 19.1. The van der Waals surface area contributed by atoms with Gasteiger partial charge in [-0.15, -0.1) is 0 Å². The van der Waals surface area contributed by atoms with Crippen LogP contribution < -0.4 is 10.3 Å². The van der Waals surface area contributed by atoms with Crippen LogP contribution in [0.1, 0.15) is 17.7 Å². The van der Waals surface area contributed by atoms with Gasteiger partial charge in [0.1, 0.15) is 11.6 Å². The summed E-state index contributed by atoms with van der Waals surface area (Å²) in [4.78, 5) is 20.1. The van der Waals surface area contributed by atoms with Gasteiger partial charge in [-0.3, -0.25) is 9.69 Å². The minimum absolute atomic E-state index is 0.0348. The van der Waals surface area contributed by atoms with Crippen molar-refractivity contribution in [3.8, 4) is 5.75 Å². The van der Waals surface area contributed by atoms with E-state index in [1.54, 1.807) is 19.2 Å². The first kappa shape index (κ1) is 17.6. The molecule has 1 unspecified atom stereocenters. The summed E-state index contributed by atoms with van der Waals surface area (Å²) >= 11 is 0. The van der Waals surface area contributed by atoms with Crippen LogP contribution in [0.2, 0.25) is 0 Å². The van der Waals surface area contributed by atoms with E-state index in [1.807, 2.05) is 0 Å². The number of ether oxygens (including phenoxy) is 2. The van der Waals surface area contributed by atoms with Crippen LogP contribution in [0.3, 0.4) is 0 Å². The predicted molar refractivity (Wildman–Crippen MR) is 91.1 cm³/mol. The van der Waals surface area contributed by atoms with Crippen molar-refractivity contribution in [3.05, 3.63) is 58.0 Å². The van der Waals surface area contributed by atoms with E-state index in [4.69, 9.17) is 9.47 Å². The Balaban J connectivity index is 1.59. The predicted octanol–water partition coefficient (Wildman–Crippen LogP) is 1.75. The van der Waals surface area contributed by atoms with Crippen molar-refractivity contribution in [1.29, 1.82) is 0 Å². The number of hydrogen-bond acceptors (Lipinski definition) is 5. The number of aromatic amines is 1. The summed E-state index contributed by atoms with van der Waals surface area (Å²) in [5, 5.41) is 0. The molecule has 0 bridgehead atoms. The third kappa shape index (κ3) is 4.64. The summed E-state index contributed by atoms with van der Waals surface area (Å²) in [6, 6.07) is 6.38. The van der Waals surface area contributed by atoms with E-state index in [1.165, 1.54) is 18.5 Å². The standard InChI is InChI=1S/C18H22FN3O3/c1-24-17-4-2-3-16(19)15(17)11-22-7-8-25-14(10-22)6-5-13-9-18(23)21-12-20-13/h2-4,9,12,14H,5-8,10-11H2,1H3,(H,20,21,23). The Kier molecular flexibility index (Phi) is 5.78. The van der Waals surface area contributed by atoms with Crippen molar-refractivity contribution >= 4 is 0 Å². The molecule has 134 valence electrons. The number of nitrogens with zero attached hydrogens (tertiary/aromatic N) is 2. The lowest BCUT2D eigenvalue weighted by Gasteiger charge is -2.33. The van der Waals surface area contributed by atoms with Gasteiger partial charge in [-0.05, 0) is 25.0 Å². The number of rotatable bonds is 6. The van der Waals surface area contributed by atoms with Gasteiger partial charge < -0.3 is 14.5 Å². The van der Waals surface area contributed by atoms with Crippen molar-refractivity contribution in [1.82, 2.24) is 14.9 Å². The molecule has 0 aliphatic carbocycles. The molecule has 1 atom stereocenters. The maximum atomic E-state index is 14.1. The number of morpholine rings is 1. The van der Waals surface area contributed by atoms with E-state index in [2.05, 4.69) is 14.9 Å². The van der Waals surface area contributed by atoms with Gasteiger partial charge in [0.25, 0.3) is 5.56 Å². The number of nitrogens with one attached hydrogen (secondary N) is 1. The Morgan fingerprint density at radius 1 is 1.48 bits per heavy atom. The number of benzene rings is 1. The molecule has 2 heterocycles. The summed E-state index contributed by atoms with van der Waals surface area (Å²) in [6.07, 6.45) is 2.88. The third-order valence-corrected chi connectivity index (χ3v) is 4.36. The number of hydrogen-bond donors (Lipinski definition) is 1. The van der Waals surface area contributed by atoms with Gasteiger partial charge in [0.15, 0.2) is 0 Å². The van der Waals surface area contributed by atoms with E-state index >= 15 is 0 Å². The lowest BCUT2D eigenvalue weighted by molar-refractivity contribution is -0.0351. The number of aromatic nitrogens is 2. The molecule has 0 amide bonds. The lowest BCUT2D eigenvalue weighted by Crippen LogP contribution is -2.42. The van der Waals surface area contributed by atoms with Crippen LogP contribution in [-0.2, 0) is 17.7 Å². The topological polar surface area (TPSA) is 67.5 Å². The van der Waals surface area contributed by atoms with Crippen LogP contribution in [-0.4, -0.2) is 47.8 Å². The summed E-state index contributed by atoms with van der Waals surface area (Å²) in [7, 11) is 1.55. The van der Waals surface area contributed by atoms with E-state index in [0.29, 0.717) is 37.4 Å². The quantitative estimate of drug-likeness (QED) is 0.862. The third-order valence-electron chi connectivity index (χ3n) is 4.36. The molecule has 25 heavy (non-hydrogen) atoms. The molecule has 1 aromatic heterocycles. The lowest BCUT2D eigenvalue weighted by atomic mass is 10.1. The van der Waals surface area contributed by atoms with E-state index < -0.39 is 0 Å². The second-order valence-corrected chi connectivity index (χ2v) is 6.09. The molecule has 1 saturated heterocycles. The Morgan fingerprint density at radius 2 is 2.36 bits per heavy atom. The van der Waals surface area contributed by atoms with Crippen molar-refractivity contribution in [3.63, 3.8) is 0 Å². The number of aryl methyl sites for hydroxylation is 1. The van der Waals surface area contributed by atoms with Gasteiger partial charge in [-0.1, -0.05) is 6.07 Å². The number of halogens is 1. The minimum atomic E-state index is -0.255. The van der Waals surface area contributed by atoms with E-state index in [-0.39, 0.29) is 17.5 Å². The van der Waals surface area contributed by atoms with Crippen molar-refractivity contribution in [2.24, 2.45) is 0 Å². The first-order valence-corrected chi connectivity index (χ1v) is 8.34. The Bertz CT molecular complexity index is 765. The maximum Gasteiger partial charge on any atom is 0.250 e. The fraction of sp³-hybridized carbons (Fsp3) is 0.444. The van der Waals surface area contributed by atoms with Gasteiger partial charge in [-0.2, -0.15) is 0 Å². The van der Waals surface area contributed by atoms with Crippen LogP contribution in [0.5, 0.6) is 5.75 Å². The molecular formula is C18H22FN3O3. The van der Waals surface area contributed by atoms with Crippen molar-refractivity contribution < 1.29 is 13.9 Å². The smallest absolute Gasteiger partial charge is 0.250 e. The van der Waals surface area contributed by atoms with Crippen LogP contribution in [0, 0.1) is 5.82 Å². The molecule has 2 aromatic rings. The summed E-state index contributed by atoms with van der Waals surface area (Å²) in [5.74, 6) is 0.311. The highest BCUT2D eigenvalue weighted by molar-refractivity contribution is 5.34. The first-order chi connectivity index (χ1) is 12.2. The van der Waals surface area contributed by atoms with Gasteiger partial charge in [-0.25, -0.2) is 9.37 Å². The van der Waals surface area contributed by atoms with Gasteiger partial charge in [0.05, 0.1) is 26.1 Å². The molecule has 0 saturated carbocycles. The molecule has 1 aliphatic heterocycles. The molecule has 1 aliphatic rings. The van der Waals surface area contributed by atoms with Gasteiger partial charge in [0.2, 0.25) is 0 Å². The fourth-order valence-electron chi connectivity index (χ4n) is 3.06. The zero-order valence-electron chi connectivity index (χ0n) is 14.2. The average Bonchev–Trinajstić information content (AvgIpc) is 2.62. The van der Waals surface area contributed by atoms with Crippen LogP contribution >= 0.6 is 0 Å². The van der Waals surface area contributed by atoms with Gasteiger partial charge in [0, 0.05) is 37.0 Å². The Hall–Kier alpha value is -2.25. The van der Waals surface area contributed by atoms with Crippen molar-refractivity contribution in [2.45, 2.75) is 25.5 Å².